The molecule has 0 saturated carbocycles. The fraction of sp³-hybridized carbons (Fsp3) is 0.304. The van der Waals surface area contributed by atoms with Gasteiger partial charge in [0.05, 0.1) is 31.7 Å². The maximum absolute atomic E-state index is 13.1. The van der Waals surface area contributed by atoms with Crippen molar-refractivity contribution in [2.45, 2.75) is 13.5 Å². The van der Waals surface area contributed by atoms with Gasteiger partial charge in [-0.05, 0) is 13.0 Å². The molecule has 1 N–H and O–H groups in total. The first kappa shape index (κ1) is 18.4. The number of para-hydroxylation sites is 1. The molecule has 2 heterocycles. The molecule has 1 saturated heterocycles. The predicted octanol–water partition coefficient (Wildman–Crippen LogP) is 1.60. The largest absolute Gasteiger partial charge is 0.347 e. The molecule has 4 rings (SSSR count). The van der Waals surface area contributed by atoms with Crippen molar-refractivity contribution in [3.8, 4) is 0 Å². The van der Waals surface area contributed by atoms with E-state index in [-0.39, 0.29) is 11.7 Å². The molecule has 0 radical (unpaired) electrons. The molecule has 5 nitrogen and oxygen atoms in total. The fourth-order valence-electron chi connectivity index (χ4n) is 4.15. The van der Waals surface area contributed by atoms with E-state index in [1.165, 1.54) is 10.5 Å². The third-order valence-corrected chi connectivity index (χ3v) is 5.88. The molecule has 1 aromatic heterocycles. The first-order chi connectivity index (χ1) is 13.6. The Hall–Kier alpha value is -2.92. The van der Waals surface area contributed by atoms with Gasteiger partial charge in [0.25, 0.3) is 11.7 Å². The van der Waals surface area contributed by atoms with Crippen LogP contribution in [0.4, 0.5) is 0 Å². The Morgan fingerprint density at radius 1 is 0.964 bits per heavy atom. The summed E-state index contributed by atoms with van der Waals surface area (Å²) in [5.41, 5.74) is 3.67. The van der Waals surface area contributed by atoms with E-state index in [9.17, 15) is 9.59 Å². The van der Waals surface area contributed by atoms with Crippen molar-refractivity contribution in [1.82, 2.24) is 9.47 Å². The summed E-state index contributed by atoms with van der Waals surface area (Å²) < 4.78 is 1.98. The van der Waals surface area contributed by atoms with Crippen LogP contribution < -0.4 is 4.90 Å². The van der Waals surface area contributed by atoms with E-state index in [1.54, 1.807) is 4.90 Å². The molecule has 0 atom stereocenters. The van der Waals surface area contributed by atoms with Gasteiger partial charge in [-0.15, -0.1) is 0 Å². The number of nitrogens with zero attached hydrogens (tertiary/aromatic N) is 2. The minimum Gasteiger partial charge on any atom is -0.347 e. The summed E-state index contributed by atoms with van der Waals surface area (Å²) in [6, 6.07) is 18.2. The summed E-state index contributed by atoms with van der Waals surface area (Å²) in [4.78, 5) is 29.1. The molecule has 1 aliphatic rings. The third-order valence-electron chi connectivity index (χ3n) is 5.88. The number of fused-ring (bicyclic) bond motifs is 1. The van der Waals surface area contributed by atoms with Crippen LogP contribution in [0, 0.1) is 6.92 Å². The summed E-state index contributed by atoms with van der Waals surface area (Å²) in [6.07, 6.45) is 0. The lowest BCUT2D eigenvalue weighted by atomic mass is 10.1. The van der Waals surface area contributed by atoms with Gasteiger partial charge in [0.1, 0.15) is 6.54 Å². The highest BCUT2D eigenvalue weighted by molar-refractivity contribution is 6.45. The molecule has 5 heteroatoms. The second kappa shape index (κ2) is 7.60. The van der Waals surface area contributed by atoms with E-state index in [0.717, 1.165) is 36.2 Å². The van der Waals surface area contributed by atoms with Crippen LogP contribution in [0.2, 0.25) is 0 Å². The summed E-state index contributed by atoms with van der Waals surface area (Å²) in [6.45, 7) is 5.83. The SMILES string of the molecule is Cc1c(C(=O)C(=O)N2CC[NH+](Cc3ccccc3)CC2)c2ccccc2n1C. The molecule has 0 unspecified atom stereocenters. The third kappa shape index (κ3) is 3.34. The summed E-state index contributed by atoms with van der Waals surface area (Å²) >= 11 is 0. The van der Waals surface area contributed by atoms with Gasteiger partial charge in [-0.1, -0.05) is 48.5 Å². The Morgan fingerprint density at radius 2 is 1.61 bits per heavy atom. The number of piperazine rings is 1. The van der Waals surface area contributed by atoms with Gasteiger partial charge >= 0.3 is 0 Å². The van der Waals surface area contributed by atoms with Crippen LogP contribution in [0.1, 0.15) is 21.6 Å². The Balaban J connectivity index is 1.46. The summed E-state index contributed by atoms with van der Waals surface area (Å²) in [5.74, 6) is -0.765. The number of hydrogen-bond acceptors (Lipinski definition) is 2. The highest BCUT2D eigenvalue weighted by Gasteiger charge is 2.31. The van der Waals surface area contributed by atoms with Gasteiger partial charge in [-0.3, -0.25) is 9.59 Å². The Kier molecular flexibility index (Phi) is 5.01. The van der Waals surface area contributed by atoms with Gasteiger partial charge < -0.3 is 14.4 Å². The number of aryl methyl sites for hydroxylation is 1. The van der Waals surface area contributed by atoms with Crippen LogP contribution >= 0.6 is 0 Å². The van der Waals surface area contributed by atoms with E-state index in [0.29, 0.717) is 18.7 Å². The number of nitrogens with one attached hydrogen (secondary N) is 1. The number of ketones is 1. The minimum atomic E-state index is -0.388. The van der Waals surface area contributed by atoms with Gasteiger partial charge in [0, 0.05) is 29.2 Å². The number of carbonyl (C=O) groups is 2. The number of quaternary nitrogens is 1. The van der Waals surface area contributed by atoms with Crippen LogP contribution in [-0.4, -0.2) is 47.3 Å². The van der Waals surface area contributed by atoms with Crippen molar-refractivity contribution < 1.29 is 14.5 Å². The Morgan fingerprint density at radius 3 is 2.32 bits per heavy atom. The normalized spacial score (nSPS) is 15.1. The molecule has 144 valence electrons. The van der Waals surface area contributed by atoms with E-state index in [1.807, 2.05) is 48.9 Å². The highest BCUT2D eigenvalue weighted by atomic mass is 16.2. The minimum absolute atomic E-state index is 0.377. The number of amides is 1. The van der Waals surface area contributed by atoms with E-state index < -0.39 is 0 Å². The molecule has 1 aliphatic heterocycles. The zero-order chi connectivity index (χ0) is 19.7. The molecule has 28 heavy (non-hydrogen) atoms. The lowest BCUT2D eigenvalue weighted by molar-refractivity contribution is -0.917. The highest BCUT2D eigenvalue weighted by Crippen LogP contribution is 2.25. The second-order valence-electron chi connectivity index (χ2n) is 7.57. The van der Waals surface area contributed by atoms with Crippen LogP contribution in [0.25, 0.3) is 10.9 Å². The average molecular weight is 376 g/mol. The first-order valence-electron chi connectivity index (χ1n) is 9.81. The number of hydrogen-bond donors (Lipinski definition) is 1. The number of Topliss-reactive ketones (excluding diaryl/α,β-unsaturated/α-hetero) is 1. The van der Waals surface area contributed by atoms with Gasteiger partial charge in [-0.2, -0.15) is 0 Å². The van der Waals surface area contributed by atoms with Crippen LogP contribution in [0.5, 0.6) is 0 Å². The fourth-order valence-corrected chi connectivity index (χ4v) is 4.15. The van der Waals surface area contributed by atoms with Gasteiger partial charge in [-0.25, -0.2) is 0 Å². The molecular formula is C23H26N3O2+. The molecule has 1 amide bonds. The van der Waals surface area contributed by atoms with Crippen molar-refractivity contribution in [2.75, 3.05) is 26.2 Å². The lowest BCUT2D eigenvalue weighted by Crippen LogP contribution is -3.13. The van der Waals surface area contributed by atoms with E-state index in [4.69, 9.17) is 0 Å². The molecule has 2 aromatic carbocycles. The Labute approximate surface area is 165 Å². The molecule has 3 aromatic rings. The zero-order valence-electron chi connectivity index (χ0n) is 16.4. The van der Waals surface area contributed by atoms with E-state index in [2.05, 4.69) is 24.3 Å². The van der Waals surface area contributed by atoms with Gasteiger partial charge in [0.2, 0.25) is 0 Å². The van der Waals surface area contributed by atoms with Crippen LogP contribution in [0.3, 0.4) is 0 Å². The van der Waals surface area contributed by atoms with Crippen molar-refractivity contribution in [1.29, 1.82) is 0 Å². The number of benzene rings is 2. The standard InChI is InChI=1S/C23H25N3O2/c1-17-21(19-10-6-7-11-20(19)24(17)2)22(27)23(28)26-14-12-25(13-15-26)16-18-8-4-3-5-9-18/h3-11H,12-16H2,1-2H3/p+1. The van der Waals surface area contributed by atoms with Crippen LogP contribution in [-0.2, 0) is 18.4 Å². The monoisotopic (exact) mass is 376 g/mol. The van der Waals surface area contributed by atoms with Crippen molar-refractivity contribution in [2.24, 2.45) is 7.05 Å². The number of aromatic nitrogens is 1. The molecule has 0 spiro atoms. The summed E-state index contributed by atoms with van der Waals surface area (Å²) in [5, 5.41) is 0.856. The maximum Gasteiger partial charge on any atom is 0.295 e. The quantitative estimate of drug-likeness (QED) is 0.555. The first-order valence-corrected chi connectivity index (χ1v) is 9.81. The predicted molar refractivity (Wildman–Crippen MR) is 109 cm³/mol. The lowest BCUT2D eigenvalue weighted by Gasteiger charge is -2.31. The molecule has 1 fully saturated rings. The van der Waals surface area contributed by atoms with Crippen LogP contribution in [0.15, 0.2) is 54.6 Å². The van der Waals surface area contributed by atoms with E-state index >= 15 is 0 Å². The van der Waals surface area contributed by atoms with Crippen molar-refractivity contribution in [3.05, 3.63) is 71.4 Å². The molecule has 0 aliphatic carbocycles. The zero-order valence-corrected chi connectivity index (χ0v) is 16.4. The smallest absolute Gasteiger partial charge is 0.295 e. The number of carbonyl (C=O) groups excluding carboxylic acids is 2. The Bertz CT molecular complexity index is 1020. The second-order valence-corrected chi connectivity index (χ2v) is 7.57. The topological polar surface area (TPSA) is 46.8 Å². The average Bonchev–Trinajstić information content (AvgIpc) is 2.99. The van der Waals surface area contributed by atoms with Crippen molar-refractivity contribution >= 4 is 22.6 Å². The maximum atomic E-state index is 13.1. The number of rotatable bonds is 4. The van der Waals surface area contributed by atoms with Crippen molar-refractivity contribution in [3.63, 3.8) is 0 Å². The molecule has 0 bridgehead atoms. The summed E-state index contributed by atoms with van der Waals surface area (Å²) in [7, 11) is 1.94. The molecular weight excluding hydrogens is 350 g/mol. The van der Waals surface area contributed by atoms with Gasteiger partial charge in [0.15, 0.2) is 0 Å².